The van der Waals surface area contributed by atoms with Crippen molar-refractivity contribution in [2.75, 3.05) is 5.75 Å². The highest BCUT2D eigenvalue weighted by Gasteiger charge is 2.31. The molecule has 2 nitrogen and oxygen atoms in total. The molecule has 0 saturated carbocycles. The van der Waals surface area contributed by atoms with Crippen molar-refractivity contribution in [3.63, 3.8) is 0 Å². The predicted molar refractivity (Wildman–Crippen MR) is 46.7 cm³/mol. The first kappa shape index (κ1) is 9.23. The molecule has 1 rings (SSSR count). The fourth-order valence-corrected chi connectivity index (χ4v) is 1.90. The second kappa shape index (κ2) is 3.70. The Morgan fingerprint density at radius 3 is 2.64 bits per heavy atom. The van der Waals surface area contributed by atoms with Crippen LogP contribution in [0.2, 0.25) is 0 Å². The number of ether oxygens (including phenoxy) is 1. The molecule has 1 atom stereocenters. The highest BCUT2D eigenvalue weighted by atomic mass is 35.5. The van der Waals surface area contributed by atoms with E-state index < -0.39 is 5.97 Å². The summed E-state index contributed by atoms with van der Waals surface area (Å²) >= 11 is 12.6. The molecule has 1 heterocycles. The van der Waals surface area contributed by atoms with E-state index in [2.05, 4.69) is 0 Å². The van der Waals surface area contributed by atoms with Gasteiger partial charge in [-0.3, -0.25) is 0 Å². The summed E-state index contributed by atoms with van der Waals surface area (Å²) in [6, 6.07) is 0. The minimum Gasteiger partial charge on any atom is -0.441 e. The molecule has 0 aromatic heterocycles. The zero-order valence-electron chi connectivity index (χ0n) is 5.77. The van der Waals surface area contributed by atoms with E-state index in [1.54, 1.807) is 0 Å². The highest BCUT2D eigenvalue weighted by Crippen LogP contribution is 2.34. The van der Waals surface area contributed by atoms with Crippen molar-refractivity contribution in [3.8, 4) is 0 Å². The van der Waals surface area contributed by atoms with E-state index in [0.29, 0.717) is 5.03 Å². The number of carbonyl (C=O) groups excluding carboxylic acids is 1. The Balaban J connectivity index is 2.69. The minimum absolute atomic E-state index is 0.0117. The molecule has 0 N–H and O–H groups in total. The van der Waals surface area contributed by atoms with Crippen LogP contribution in [-0.4, -0.2) is 17.2 Å². The summed E-state index contributed by atoms with van der Waals surface area (Å²) in [5.74, 6) is 0.306. The number of cyclic esters (lactones) is 1. The lowest BCUT2D eigenvalue weighted by Gasteiger charge is -2.06. The number of halogens is 2. The second-order valence-corrected chi connectivity index (χ2v) is 3.98. The molecule has 1 aliphatic heterocycles. The molecule has 0 aromatic rings. The molecule has 0 spiro atoms. The number of thioether (sulfide) groups is 1. The van der Waals surface area contributed by atoms with Crippen molar-refractivity contribution < 1.29 is 9.53 Å². The van der Waals surface area contributed by atoms with Gasteiger partial charge in [0.15, 0.2) is 5.44 Å². The SMILES string of the molecule is CCSC1OC(=O)C(Cl)=C1Cl. The minimum atomic E-state index is -0.525. The standard InChI is InChI=1S/C6H6Cl2O2S/c1-2-11-6-4(8)3(7)5(9)10-6/h6H,2H2,1H3. The first-order valence-corrected chi connectivity index (χ1v) is 4.85. The quantitative estimate of drug-likeness (QED) is 0.658. The number of rotatable bonds is 2. The lowest BCUT2D eigenvalue weighted by molar-refractivity contribution is -0.136. The molecule has 0 radical (unpaired) electrons. The smallest absolute Gasteiger partial charge is 0.352 e. The Morgan fingerprint density at radius 1 is 1.64 bits per heavy atom. The lowest BCUT2D eigenvalue weighted by atomic mass is 10.5. The summed E-state index contributed by atoms with van der Waals surface area (Å²) in [6.07, 6.45) is 0. The van der Waals surface area contributed by atoms with Crippen LogP contribution in [0.1, 0.15) is 6.92 Å². The molecule has 1 aliphatic rings. The van der Waals surface area contributed by atoms with E-state index in [0.717, 1.165) is 5.75 Å². The Morgan fingerprint density at radius 2 is 2.27 bits per heavy atom. The number of hydrogen-bond donors (Lipinski definition) is 0. The predicted octanol–water partition coefficient (Wildman–Crippen LogP) is 2.31. The average molecular weight is 213 g/mol. The summed E-state index contributed by atoms with van der Waals surface area (Å²) in [4.78, 5) is 10.8. The maximum Gasteiger partial charge on any atom is 0.352 e. The van der Waals surface area contributed by atoms with Crippen molar-refractivity contribution in [1.29, 1.82) is 0 Å². The van der Waals surface area contributed by atoms with Gasteiger partial charge in [0.2, 0.25) is 0 Å². The van der Waals surface area contributed by atoms with E-state index in [9.17, 15) is 4.79 Å². The van der Waals surface area contributed by atoms with Gasteiger partial charge in [0.05, 0.1) is 5.03 Å². The second-order valence-electron chi connectivity index (χ2n) is 1.85. The zero-order chi connectivity index (χ0) is 8.43. The molecule has 0 aliphatic carbocycles. The molecule has 5 heteroatoms. The van der Waals surface area contributed by atoms with Crippen LogP contribution in [-0.2, 0) is 9.53 Å². The largest absolute Gasteiger partial charge is 0.441 e. The fraction of sp³-hybridized carbons (Fsp3) is 0.500. The van der Waals surface area contributed by atoms with Crippen molar-refractivity contribution in [2.45, 2.75) is 12.4 Å². The normalized spacial score (nSPS) is 24.3. The van der Waals surface area contributed by atoms with Crippen molar-refractivity contribution >= 4 is 40.9 Å². The van der Waals surface area contributed by atoms with Gasteiger partial charge in [-0.2, -0.15) is 0 Å². The van der Waals surface area contributed by atoms with Crippen molar-refractivity contribution in [2.24, 2.45) is 0 Å². The van der Waals surface area contributed by atoms with Crippen LogP contribution in [0, 0.1) is 0 Å². The van der Waals surface area contributed by atoms with Gasteiger partial charge in [0.1, 0.15) is 5.03 Å². The summed E-state index contributed by atoms with van der Waals surface area (Å²) in [6.45, 7) is 1.95. The molecular formula is C6H6Cl2O2S. The molecular weight excluding hydrogens is 207 g/mol. The molecule has 0 aromatic carbocycles. The first-order chi connectivity index (χ1) is 5.16. The third-order valence-corrected chi connectivity index (χ3v) is 3.07. The average Bonchev–Trinajstić information content (AvgIpc) is 2.19. The van der Waals surface area contributed by atoms with Gasteiger partial charge in [0.25, 0.3) is 0 Å². The Kier molecular flexibility index (Phi) is 3.10. The fourth-order valence-electron chi connectivity index (χ4n) is 0.660. The van der Waals surface area contributed by atoms with Crippen molar-refractivity contribution in [1.82, 2.24) is 0 Å². The number of hydrogen-bond acceptors (Lipinski definition) is 3. The van der Waals surface area contributed by atoms with Crippen LogP contribution in [0.5, 0.6) is 0 Å². The van der Waals surface area contributed by atoms with Crippen LogP contribution < -0.4 is 0 Å². The Hall–Kier alpha value is 0.140. The summed E-state index contributed by atoms with van der Waals surface area (Å²) in [7, 11) is 0. The van der Waals surface area contributed by atoms with E-state index in [-0.39, 0.29) is 10.5 Å². The van der Waals surface area contributed by atoms with Crippen LogP contribution >= 0.6 is 35.0 Å². The van der Waals surface area contributed by atoms with Gasteiger partial charge in [-0.05, 0) is 5.75 Å². The van der Waals surface area contributed by atoms with E-state index >= 15 is 0 Å². The van der Waals surface area contributed by atoms with Crippen LogP contribution in [0.15, 0.2) is 10.1 Å². The molecule has 0 amide bonds. The molecule has 11 heavy (non-hydrogen) atoms. The molecule has 0 bridgehead atoms. The Labute approximate surface area is 78.9 Å². The van der Waals surface area contributed by atoms with Gasteiger partial charge < -0.3 is 4.74 Å². The van der Waals surface area contributed by atoms with Gasteiger partial charge >= 0.3 is 5.97 Å². The maximum atomic E-state index is 10.8. The monoisotopic (exact) mass is 212 g/mol. The van der Waals surface area contributed by atoms with E-state index in [4.69, 9.17) is 27.9 Å². The van der Waals surface area contributed by atoms with E-state index in [1.807, 2.05) is 6.92 Å². The molecule has 1 unspecified atom stereocenters. The van der Waals surface area contributed by atoms with E-state index in [1.165, 1.54) is 11.8 Å². The topological polar surface area (TPSA) is 26.3 Å². The van der Waals surface area contributed by atoms with Gasteiger partial charge in [-0.1, -0.05) is 30.1 Å². The van der Waals surface area contributed by atoms with Crippen LogP contribution in [0.3, 0.4) is 0 Å². The molecule has 0 fully saturated rings. The lowest BCUT2D eigenvalue weighted by Crippen LogP contribution is -2.04. The maximum absolute atomic E-state index is 10.8. The molecule has 0 saturated heterocycles. The highest BCUT2D eigenvalue weighted by molar-refractivity contribution is 8.00. The van der Waals surface area contributed by atoms with Crippen LogP contribution in [0.25, 0.3) is 0 Å². The summed E-state index contributed by atoms with van der Waals surface area (Å²) in [5, 5.41) is 0.320. The third kappa shape index (κ3) is 1.83. The summed E-state index contributed by atoms with van der Waals surface area (Å²) in [5.41, 5.74) is -0.387. The van der Waals surface area contributed by atoms with Gasteiger partial charge in [0, 0.05) is 0 Å². The van der Waals surface area contributed by atoms with Crippen molar-refractivity contribution in [3.05, 3.63) is 10.1 Å². The Bertz CT molecular complexity index is 215. The number of carbonyl (C=O) groups is 1. The summed E-state index contributed by atoms with van der Waals surface area (Å²) < 4.78 is 4.81. The van der Waals surface area contributed by atoms with Crippen LogP contribution in [0.4, 0.5) is 0 Å². The van der Waals surface area contributed by atoms with Gasteiger partial charge in [-0.15, -0.1) is 11.8 Å². The third-order valence-electron chi connectivity index (χ3n) is 1.13. The first-order valence-electron chi connectivity index (χ1n) is 3.04. The van der Waals surface area contributed by atoms with Gasteiger partial charge in [-0.25, -0.2) is 4.79 Å². The zero-order valence-corrected chi connectivity index (χ0v) is 8.09. The number of esters is 1. The molecule has 62 valence electrons.